The summed E-state index contributed by atoms with van der Waals surface area (Å²) in [4.78, 5) is 2.41. The lowest BCUT2D eigenvalue weighted by atomic mass is 9.97. The molecule has 0 saturated heterocycles. The van der Waals surface area contributed by atoms with Gasteiger partial charge in [0.1, 0.15) is 11.9 Å². The molecule has 0 spiro atoms. The van der Waals surface area contributed by atoms with Gasteiger partial charge in [-0.25, -0.2) is 0 Å². The van der Waals surface area contributed by atoms with Crippen LogP contribution in [0.5, 0.6) is 5.75 Å². The van der Waals surface area contributed by atoms with Gasteiger partial charge >= 0.3 is 0 Å². The van der Waals surface area contributed by atoms with Gasteiger partial charge in [0.25, 0.3) is 0 Å². The van der Waals surface area contributed by atoms with Crippen LogP contribution in [0.1, 0.15) is 32.5 Å². The van der Waals surface area contributed by atoms with E-state index in [0.717, 1.165) is 22.4 Å². The number of benzene rings is 1. The van der Waals surface area contributed by atoms with Gasteiger partial charge in [-0.2, -0.15) is 0 Å². The van der Waals surface area contributed by atoms with Crippen LogP contribution in [0.25, 0.3) is 0 Å². The number of aryl methyl sites for hydroxylation is 3. The first-order valence-electron chi connectivity index (χ1n) is 5.92. The van der Waals surface area contributed by atoms with Gasteiger partial charge in [0.05, 0.1) is 7.11 Å². The van der Waals surface area contributed by atoms with E-state index >= 15 is 0 Å². The smallest absolute Gasteiger partial charge is 0.119 e. The van der Waals surface area contributed by atoms with Gasteiger partial charge in [0, 0.05) is 9.75 Å². The number of ether oxygens (including phenoxy) is 1. The van der Waals surface area contributed by atoms with Gasteiger partial charge in [-0.05, 0) is 55.7 Å². The molecule has 1 aromatic carbocycles. The molecule has 2 rings (SSSR count). The van der Waals surface area contributed by atoms with Crippen LogP contribution >= 0.6 is 11.3 Å². The number of rotatable bonds is 3. The lowest BCUT2D eigenvalue weighted by Crippen LogP contribution is -2.02. The van der Waals surface area contributed by atoms with Crippen molar-refractivity contribution in [1.82, 2.24) is 0 Å². The summed E-state index contributed by atoms with van der Waals surface area (Å²) in [5.41, 5.74) is 2.99. The molecule has 0 bridgehead atoms. The van der Waals surface area contributed by atoms with E-state index in [0.29, 0.717) is 0 Å². The number of thiophene rings is 1. The van der Waals surface area contributed by atoms with Gasteiger partial charge in [0.15, 0.2) is 0 Å². The van der Waals surface area contributed by atoms with Crippen LogP contribution in [-0.4, -0.2) is 12.2 Å². The zero-order valence-electron chi connectivity index (χ0n) is 11.2. The van der Waals surface area contributed by atoms with E-state index in [9.17, 15) is 5.11 Å². The monoisotopic (exact) mass is 262 g/mol. The first-order valence-corrected chi connectivity index (χ1v) is 6.74. The van der Waals surface area contributed by atoms with Crippen LogP contribution in [-0.2, 0) is 0 Å². The fraction of sp³-hybridized carbons (Fsp3) is 0.333. The number of aliphatic hydroxyl groups excluding tert-OH is 1. The summed E-state index contributed by atoms with van der Waals surface area (Å²) >= 11 is 1.72. The summed E-state index contributed by atoms with van der Waals surface area (Å²) in [6.07, 6.45) is -0.555. The van der Waals surface area contributed by atoms with Crippen LogP contribution < -0.4 is 4.74 Å². The number of hydrogen-bond acceptors (Lipinski definition) is 3. The van der Waals surface area contributed by atoms with Crippen molar-refractivity contribution >= 4 is 11.3 Å². The SMILES string of the molecule is COc1ccc(C(O)c2cc(C)sc2C)c(C)c1. The molecule has 3 heteroatoms. The maximum atomic E-state index is 10.5. The number of methoxy groups -OCH3 is 1. The van der Waals surface area contributed by atoms with Gasteiger partial charge in [-0.3, -0.25) is 0 Å². The van der Waals surface area contributed by atoms with Crippen molar-refractivity contribution in [2.75, 3.05) is 7.11 Å². The molecule has 2 nitrogen and oxygen atoms in total. The maximum Gasteiger partial charge on any atom is 0.119 e. The number of hydrogen-bond donors (Lipinski definition) is 1. The van der Waals surface area contributed by atoms with Crippen molar-refractivity contribution in [3.63, 3.8) is 0 Å². The van der Waals surface area contributed by atoms with Crippen LogP contribution in [0.4, 0.5) is 0 Å². The van der Waals surface area contributed by atoms with Crippen molar-refractivity contribution in [3.05, 3.63) is 50.7 Å². The second kappa shape index (κ2) is 5.12. The molecular formula is C15H18O2S. The van der Waals surface area contributed by atoms with Gasteiger partial charge in [-0.1, -0.05) is 6.07 Å². The third-order valence-electron chi connectivity index (χ3n) is 3.15. The van der Waals surface area contributed by atoms with E-state index in [1.54, 1.807) is 18.4 Å². The molecule has 0 amide bonds. The zero-order valence-corrected chi connectivity index (χ0v) is 12.0. The van der Waals surface area contributed by atoms with Crippen molar-refractivity contribution in [1.29, 1.82) is 0 Å². The molecule has 0 aliphatic rings. The number of aliphatic hydroxyl groups is 1. The first-order chi connectivity index (χ1) is 8.52. The topological polar surface area (TPSA) is 29.5 Å². The van der Waals surface area contributed by atoms with Gasteiger partial charge in [-0.15, -0.1) is 11.3 Å². The standard InChI is InChI=1S/C15H18O2S/c1-9-7-12(17-4)5-6-13(9)15(16)14-8-10(2)18-11(14)3/h5-8,15-16H,1-4H3. The Bertz CT molecular complexity index is 558. The quantitative estimate of drug-likeness (QED) is 0.912. The van der Waals surface area contributed by atoms with Crippen molar-refractivity contribution in [2.45, 2.75) is 26.9 Å². The average molecular weight is 262 g/mol. The highest BCUT2D eigenvalue weighted by Gasteiger charge is 2.17. The molecule has 1 heterocycles. The Hall–Kier alpha value is -1.32. The van der Waals surface area contributed by atoms with Crippen molar-refractivity contribution < 1.29 is 9.84 Å². The van der Waals surface area contributed by atoms with Crippen LogP contribution in [0.3, 0.4) is 0 Å². The highest BCUT2D eigenvalue weighted by Crippen LogP contribution is 2.32. The van der Waals surface area contributed by atoms with E-state index in [1.165, 1.54) is 9.75 Å². The molecule has 1 atom stereocenters. The van der Waals surface area contributed by atoms with E-state index in [2.05, 4.69) is 19.9 Å². The first kappa shape index (κ1) is 13.1. The molecule has 0 saturated carbocycles. The summed E-state index contributed by atoms with van der Waals surface area (Å²) < 4.78 is 5.18. The normalized spacial score (nSPS) is 12.5. The molecule has 0 fully saturated rings. The van der Waals surface area contributed by atoms with Gasteiger partial charge < -0.3 is 9.84 Å². The highest BCUT2D eigenvalue weighted by molar-refractivity contribution is 7.12. The Morgan fingerprint density at radius 3 is 2.33 bits per heavy atom. The molecule has 96 valence electrons. The summed E-state index contributed by atoms with van der Waals surface area (Å²) in [7, 11) is 1.65. The Kier molecular flexibility index (Phi) is 3.73. The second-order valence-corrected chi connectivity index (χ2v) is 5.95. The lowest BCUT2D eigenvalue weighted by Gasteiger charge is -2.14. The van der Waals surface area contributed by atoms with Crippen LogP contribution in [0.2, 0.25) is 0 Å². The Balaban J connectivity index is 2.39. The molecular weight excluding hydrogens is 244 g/mol. The average Bonchev–Trinajstić information content (AvgIpc) is 2.67. The fourth-order valence-electron chi connectivity index (χ4n) is 2.17. The summed E-state index contributed by atoms with van der Waals surface area (Å²) in [5, 5.41) is 10.5. The summed E-state index contributed by atoms with van der Waals surface area (Å²) in [6.45, 7) is 6.11. The van der Waals surface area contributed by atoms with Crippen LogP contribution in [0, 0.1) is 20.8 Å². The van der Waals surface area contributed by atoms with E-state index in [4.69, 9.17) is 4.74 Å². The Labute approximate surface area is 112 Å². The van der Waals surface area contributed by atoms with Crippen molar-refractivity contribution in [3.8, 4) is 5.75 Å². The Morgan fingerprint density at radius 2 is 1.83 bits per heavy atom. The van der Waals surface area contributed by atoms with E-state index < -0.39 is 6.10 Å². The zero-order chi connectivity index (χ0) is 13.3. The third kappa shape index (κ3) is 2.42. The highest BCUT2D eigenvalue weighted by atomic mass is 32.1. The molecule has 1 aromatic heterocycles. The molecule has 2 aromatic rings. The Morgan fingerprint density at radius 1 is 1.11 bits per heavy atom. The summed E-state index contributed by atoms with van der Waals surface area (Å²) in [6, 6.07) is 7.84. The minimum absolute atomic E-state index is 0.555. The minimum Gasteiger partial charge on any atom is -0.497 e. The maximum absolute atomic E-state index is 10.5. The minimum atomic E-state index is -0.555. The molecule has 0 aliphatic carbocycles. The molecule has 18 heavy (non-hydrogen) atoms. The predicted octanol–water partition coefficient (Wildman–Crippen LogP) is 3.76. The lowest BCUT2D eigenvalue weighted by molar-refractivity contribution is 0.219. The molecule has 1 N–H and O–H groups in total. The predicted molar refractivity (Wildman–Crippen MR) is 75.6 cm³/mol. The molecule has 0 aliphatic heterocycles. The van der Waals surface area contributed by atoms with E-state index in [1.807, 2.05) is 25.1 Å². The van der Waals surface area contributed by atoms with Gasteiger partial charge in [0.2, 0.25) is 0 Å². The molecule has 1 unspecified atom stereocenters. The second-order valence-electron chi connectivity index (χ2n) is 4.49. The largest absolute Gasteiger partial charge is 0.497 e. The van der Waals surface area contributed by atoms with Crippen molar-refractivity contribution in [2.24, 2.45) is 0 Å². The van der Waals surface area contributed by atoms with E-state index in [-0.39, 0.29) is 0 Å². The fourth-order valence-corrected chi connectivity index (χ4v) is 3.13. The summed E-state index contributed by atoms with van der Waals surface area (Å²) in [5.74, 6) is 0.821. The van der Waals surface area contributed by atoms with Crippen LogP contribution in [0.15, 0.2) is 24.3 Å². The third-order valence-corrected chi connectivity index (χ3v) is 4.13. The molecule has 0 radical (unpaired) electrons.